The normalized spacial score (nSPS) is 10.1. The Kier molecular flexibility index (Phi) is 4.48. The zero-order valence-electron chi connectivity index (χ0n) is 11.1. The first kappa shape index (κ1) is 14.2. The Bertz CT molecular complexity index is 601. The smallest absolute Gasteiger partial charge is 0.243 e. The van der Waals surface area contributed by atoms with Crippen molar-refractivity contribution in [3.63, 3.8) is 0 Å². The van der Waals surface area contributed by atoms with E-state index in [0.29, 0.717) is 16.4 Å². The number of nitrogens with two attached hydrogens (primary N) is 1. The molecule has 3 N–H and O–H groups in total. The summed E-state index contributed by atoms with van der Waals surface area (Å²) >= 11 is 6.01. The number of nitrogens with one attached hydrogen (secondary N) is 1. The fraction of sp³-hybridized carbons (Fsp3) is 0.133. The minimum Gasteiger partial charge on any atom is -0.399 e. The minimum absolute atomic E-state index is 0.149. The minimum atomic E-state index is -0.149. The summed E-state index contributed by atoms with van der Waals surface area (Å²) in [5.41, 5.74) is 7.73. The van der Waals surface area contributed by atoms with E-state index in [9.17, 15) is 4.79 Å². The topological polar surface area (TPSA) is 58.4 Å². The number of para-hydroxylation sites is 1. The number of likely N-dealkylation sites (N-methyl/N-ethyl adjacent to an activating group) is 1. The highest BCUT2D eigenvalue weighted by Crippen LogP contribution is 2.24. The number of nitrogen functional groups attached to an aromatic ring is 1. The average Bonchev–Trinajstić information content (AvgIpc) is 2.43. The number of carbonyl (C=O) groups is 1. The Labute approximate surface area is 123 Å². The summed E-state index contributed by atoms with van der Waals surface area (Å²) in [4.78, 5) is 13.9. The molecule has 1 amide bonds. The molecule has 0 unspecified atom stereocenters. The van der Waals surface area contributed by atoms with Crippen LogP contribution in [-0.4, -0.2) is 19.5 Å². The van der Waals surface area contributed by atoms with Gasteiger partial charge in [-0.15, -0.1) is 0 Å². The van der Waals surface area contributed by atoms with Gasteiger partial charge in [-0.1, -0.05) is 29.8 Å². The fourth-order valence-electron chi connectivity index (χ4n) is 1.82. The molecule has 0 atom stereocenters. The summed E-state index contributed by atoms with van der Waals surface area (Å²) in [5.74, 6) is -0.149. The molecular weight excluding hydrogens is 274 g/mol. The third-order valence-electron chi connectivity index (χ3n) is 2.84. The molecule has 0 fully saturated rings. The van der Waals surface area contributed by atoms with Crippen LogP contribution >= 0.6 is 11.6 Å². The molecule has 0 heterocycles. The maximum absolute atomic E-state index is 12.0. The summed E-state index contributed by atoms with van der Waals surface area (Å²) < 4.78 is 0. The number of carbonyl (C=O) groups excluding carboxylic acids is 1. The predicted octanol–water partition coefficient (Wildman–Crippen LogP) is 3.00. The van der Waals surface area contributed by atoms with Crippen molar-refractivity contribution in [3.05, 3.63) is 53.6 Å². The highest BCUT2D eigenvalue weighted by Gasteiger charge is 2.09. The SMILES string of the molecule is CN(CC(=O)Nc1cc(N)ccc1Cl)c1ccccc1. The Balaban J connectivity index is 2.01. The lowest BCUT2D eigenvalue weighted by Crippen LogP contribution is -2.30. The Hall–Kier alpha value is -2.20. The van der Waals surface area contributed by atoms with Crippen molar-refractivity contribution in [3.8, 4) is 0 Å². The maximum Gasteiger partial charge on any atom is 0.243 e. The number of benzene rings is 2. The molecule has 0 radical (unpaired) electrons. The van der Waals surface area contributed by atoms with E-state index >= 15 is 0 Å². The molecule has 0 saturated heterocycles. The second kappa shape index (κ2) is 6.30. The van der Waals surface area contributed by atoms with E-state index in [1.54, 1.807) is 18.2 Å². The van der Waals surface area contributed by atoms with Gasteiger partial charge in [0.05, 0.1) is 17.3 Å². The van der Waals surface area contributed by atoms with Crippen LogP contribution in [0.15, 0.2) is 48.5 Å². The molecule has 104 valence electrons. The molecule has 4 nitrogen and oxygen atoms in total. The molecule has 2 aromatic rings. The summed E-state index contributed by atoms with van der Waals surface area (Å²) in [6, 6.07) is 14.7. The van der Waals surface area contributed by atoms with Gasteiger partial charge < -0.3 is 16.0 Å². The molecule has 0 aromatic heterocycles. The number of nitrogens with zero attached hydrogens (tertiary/aromatic N) is 1. The van der Waals surface area contributed by atoms with Gasteiger partial charge in [0.2, 0.25) is 5.91 Å². The van der Waals surface area contributed by atoms with Gasteiger partial charge >= 0.3 is 0 Å². The molecule has 0 saturated carbocycles. The summed E-state index contributed by atoms with van der Waals surface area (Å²) in [6.45, 7) is 0.231. The molecule has 0 aliphatic carbocycles. The monoisotopic (exact) mass is 289 g/mol. The zero-order chi connectivity index (χ0) is 14.5. The lowest BCUT2D eigenvalue weighted by Gasteiger charge is -2.19. The van der Waals surface area contributed by atoms with E-state index in [2.05, 4.69) is 5.32 Å². The van der Waals surface area contributed by atoms with E-state index < -0.39 is 0 Å². The standard InChI is InChI=1S/C15H16ClN3O/c1-19(12-5-3-2-4-6-12)10-15(20)18-14-9-11(17)7-8-13(14)16/h2-9H,10,17H2,1H3,(H,18,20). The first-order valence-corrected chi connectivity index (χ1v) is 6.55. The van der Waals surface area contributed by atoms with Crippen molar-refractivity contribution in [1.29, 1.82) is 0 Å². The van der Waals surface area contributed by atoms with Gasteiger partial charge in [0, 0.05) is 18.4 Å². The highest BCUT2D eigenvalue weighted by atomic mass is 35.5. The zero-order valence-corrected chi connectivity index (χ0v) is 11.9. The van der Waals surface area contributed by atoms with Gasteiger partial charge in [-0.3, -0.25) is 4.79 Å². The third-order valence-corrected chi connectivity index (χ3v) is 3.17. The second-order valence-electron chi connectivity index (χ2n) is 4.48. The van der Waals surface area contributed by atoms with E-state index in [4.69, 9.17) is 17.3 Å². The van der Waals surface area contributed by atoms with Crippen LogP contribution in [0.5, 0.6) is 0 Å². The van der Waals surface area contributed by atoms with Gasteiger partial charge in [0.25, 0.3) is 0 Å². The Morgan fingerprint density at radius 3 is 2.65 bits per heavy atom. The molecule has 0 spiro atoms. The number of halogens is 1. The second-order valence-corrected chi connectivity index (χ2v) is 4.89. The van der Waals surface area contributed by atoms with E-state index in [-0.39, 0.29) is 12.5 Å². The quantitative estimate of drug-likeness (QED) is 0.851. The molecule has 0 bridgehead atoms. The van der Waals surface area contributed by atoms with Crippen LogP contribution in [-0.2, 0) is 4.79 Å². The van der Waals surface area contributed by atoms with Crippen LogP contribution in [0.1, 0.15) is 0 Å². The number of hydrogen-bond donors (Lipinski definition) is 2. The first-order valence-electron chi connectivity index (χ1n) is 6.17. The number of hydrogen-bond acceptors (Lipinski definition) is 3. The van der Waals surface area contributed by atoms with Crippen LogP contribution in [0.2, 0.25) is 5.02 Å². The van der Waals surface area contributed by atoms with E-state index in [1.165, 1.54) is 0 Å². The van der Waals surface area contributed by atoms with Crippen molar-refractivity contribution in [2.75, 3.05) is 29.5 Å². The summed E-state index contributed by atoms with van der Waals surface area (Å²) in [7, 11) is 1.86. The summed E-state index contributed by atoms with van der Waals surface area (Å²) in [6.07, 6.45) is 0. The largest absolute Gasteiger partial charge is 0.399 e. The van der Waals surface area contributed by atoms with Crippen LogP contribution in [0.25, 0.3) is 0 Å². The van der Waals surface area contributed by atoms with Gasteiger partial charge in [-0.2, -0.15) is 0 Å². The van der Waals surface area contributed by atoms with Gasteiger partial charge in [0.1, 0.15) is 0 Å². The summed E-state index contributed by atoms with van der Waals surface area (Å²) in [5, 5.41) is 3.23. The van der Waals surface area contributed by atoms with Crippen molar-refractivity contribution in [1.82, 2.24) is 0 Å². The van der Waals surface area contributed by atoms with E-state index in [0.717, 1.165) is 5.69 Å². The van der Waals surface area contributed by atoms with Crippen LogP contribution in [0.4, 0.5) is 17.1 Å². The molecule has 2 aromatic carbocycles. The van der Waals surface area contributed by atoms with Gasteiger partial charge in [-0.25, -0.2) is 0 Å². The Morgan fingerprint density at radius 2 is 1.95 bits per heavy atom. The van der Waals surface area contributed by atoms with Gasteiger partial charge in [-0.05, 0) is 30.3 Å². The number of amides is 1. The van der Waals surface area contributed by atoms with Crippen molar-refractivity contribution < 1.29 is 4.79 Å². The van der Waals surface area contributed by atoms with Crippen molar-refractivity contribution >= 4 is 34.6 Å². The molecule has 20 heavy (non-hydrogen) atoms. The molecule has 5 heteroatoms. The Morgan fingerprint density at radius 1 is 1.25 bits per heavy atom. The number of rotatable bonds is 4. The first-order chi connectivity index (χ1) is 9.56. The average molecular weight is 290 g/mol. The van der Waals surface area contributed by atoms with Crippen LogP contribution in [0, 0.1) is 0 Å². The van der Waals surface area contributed by atoms with E-state index in [1.807, 2.05) is 42.3 Å². The van der Waals surface area contributed by atoms with Crippen LogP contribution in [0.3, 0.4) is 0 Å². The third kappa shape index (κ3) is 3.65. The van der Waals surface area contributed by atoms with Gasteiger partial charge in [0.15, 0.2) is 0 Å². The lowest BCUT2D eigenvalue weighted by molar-refractivity contribution is -0.114. The van der Waals surface area contributed by atoms with Crippen molar-refractivity contribution in [2.45, 2.75) is 0 Å². The molecule has 0 aliphatic heterocycles. The molecular formula is C15H16ClN3O. The molecule has 2 rings (SSSR count). The lowest BCUT2D eigenvalue weighted by atomic mass is 10.2. The maximum atomic E-state index is 12.0. The number of anilines is 3. The fourth-order valence-corrected chi connectivity index (χ4v) is 1.98. The van der Waals surface area contributed by atoms with Crippen LogP contribution < -0.4 is 16.0 Å². The highest BCUT2D eigenvalue weighted by molar-refractivity contribution is 6.33. The van der Waals surface area contributed by atoms with Crippen molar-refractivity contribution in [2.24, 2.45) is 0 Å². The predicted molar refractivity (Wildman–Crippen MR) is 84.2 cm³/mol. The molecule has 0 aliphatic rings.